The van der Waals surface area contributed by atoms with Gasteiger partial charge in [-0.1, -0.05) is 121 Å². The summed E-state index contributed by atoms with van der Waals surface area (Å²) in [6.45, 7) is -0.0633. The average Bonchev–Trinajstić information content (AvgIpc) is 3.38. The highest BCUT2D eigenvalue weighted by Crippen LogP contribution is 2.32. The summed E-state index contributed by atoms with van der Waals surface area (Å²) < 4.78 is 93.2. The topological polar surface area (TPSA) is 205 Å². The van der Waals surface area contributed by atoms with Crippen LogP contribution in [0.5, 0.6) is 11.5 Å². The first kappa shape index (κ1) is 52.1. The number of hydrogen-bond donors (Lipinski definition) is 5. The lowest BCUT2D eigenvalue weighted by molar-refractivity contribution is -0.142. The zero-order valence-corrected chi connectivity index (χ0v) is 37.7. The minimum Gasteiger partial charge on any atom is -0.489 e. The van der Waals surface area contributed by atoms with Gasteiger partial charge in [0.25, 0.3) is 0 Å². The summed E-state index contributed by atoms with van der Waals surface area (Å²) in [5.41, 5.74) is 9.75. The maximum Gasteiger partial charge on any atom is 0.408 e. The van der Waals surface area contributed by atoms with Gasteiger partial charge in [0.1, 0.15) is 37.7 Å². The van der Waals surface area contributed by atoms with E-state index in [2.05, 4.69) is 16.0 Å². The van der Waals surface area contributed by atoms with Crippen LogP contribution in [0.25, 0.3) is 11.1 Å². The molecule has 0 saturated carbocycles. The van der Waals surface area contributed by atoms with Gasteiger partial charge >= 0.3 is 24.1 Å². The van der Waals surface area contributed by atoms with Crippen molar-refractivity contribution in [3.05, 3.63) is 190 Å². The molecule has 0 saturated heterocycles. The number of carbonyl (C=O) groups excluding carboxylic acids is 4. The van der Waals surface area contributed by atoms with Crippen molar-refractivity contribution >= 4 is 30.0 Å². The Morgan fingerprint density at radius 2 is 1.10 bits per heavy atom. The summed E-state index contributed by atoms with van der Waals surface area (Å²) in [5, 5.41) is 17.4. The number of nitrogens with two attached hydrogens (primary N) is 1. The Balaban J connectivity index is 1.20. The van der Waals surface area contributed by atoms with Crippen molar-refractivity contribution in [1.82, 2.24) is 16.0 Å². The average molecular weight is 983 g/mol. The number of rotatable bonds is 22. The first-order chi connectivity index (χ1) is 34.2. The van der Waals surface area contributed by atoms with Gasteiger partial charge in [0.2, 0.25) is 40.7 Å². The summed E-state index contributed by atoms with van der Waals surface area (Å²) in [4.78, 5) is 64.5. The Hall–Kier alpha value is -8.32. The number of ether oxygens (including phenoxy) is 4. The fraction of sp³-hybridized carbons (Fsp3) is 0.212. The predicted octanol–water partition coefficient (Wildman–Crippen LogP) is 8.22. The van der Waals surface area contributed by atoms with Crippen LogP contribution in [0.1, 0.15) is 40.7 Å². The molecular formula is C52H47F5N4O10. The Labute approximate surface area is 403 Å². The van der Waals surface area contributed by atoms with Crippen LogP contribution < -0.4 is 31.2 Å². The van der Waals surface area contributed by atoms with Crippen molar-refractivity contribution in [3.8, 4) is 22.6 Å². The highest BCUT2D eigenvalue weighted by Gasteiger charge is 2.33. The second kappa shape index (κ2) is 25.3. The number of amides is 3. The van der Waals surface area contributed by atoms with E-state index in [-0.39, 0.29) is 56.9 Å². The van der Waals surface area contributed by atoms with E-state index in [1.54, 1.807) is 109 Å². The van der Waals surface area contributed by atoms with Crippen molar-refractivity contribution < 1.29 is 70.0 Å². The number of halogens is 5. The van der Waals surface area contributed by atoms with Crippen molar-refractivity contribution in [2.45, 2.75) is 63.6 Å². The molecule has 0 aromatic heterocycles. The van der Waals surface area contributed by atoms with Crippen LogP contribution in [0.2, 0.25) is 0 Å². The van der Waals surface area contributed by atoms with Gasteiger partial charge in [-0.3, -0.25) is 4.79 Å². The van der Waals surface area contributed by atoms with E-state index in [0.29, 0.717) is 22.3 Å². The number of alkyl carbamates (subject to hydrolysis) is 2. The van der Waals surface area contributed by atoms with Crippen molar-refractivity contribution in [3.63, 3.8) is 0 Å². The maximum absolute atomic E-state index is 14.8. The molecule has 0 unspecified atom stereocenters. The number of nitrogens with one attached hydrogen (secondary N) is 3. The van der Waals surface area contributed by atoms with E-state index in [1.165, 1.54) is 6.07 Å². The highest BCUT2D eigenvalue weighted by atomic mass is 19.2. The lowest BCUT2D eigenvalue weighted by atomic mass is 9.96. The largest absolute Gasteiger partial charge is 0.489 e. The minimum absolute atomic E-state index is 0.00154. The molecule has 0 aliphatic rings. The zero-order chi connectivity index (χ0) is 50.9. The molecule has 6 aromatic rings. The van der Waals surface area contributed by atoms with Gasteiger partial charge in [-0.25, -0.2) is 32.3 Å². The molecule has 3 amide bonds. The molecule has 6 rings (SSSR count). The molecule has 0 spiro atoms. The van der Waals surface area contributed by atoms with Crippen molar-refractivity contribution in [2.24, 2.45) is 5.73 Å². The number of aliphatic carboxylic acids is 1. The summed E-state index contributed by atoms with van der Waals surface area (Å²) >= 11 is 0. The van der Waals surface area contributed by atoms with E-state index in [4.69, 9.17) is 24.7 Å². The van der Waals surface area contributed by atoms with Gasteiger partial charge in [0.15, 0.2) is 0 Å². The van der Waals surface area contributed by atoms with Gasteiger partial charge in [0, 0.05) is 19.4 Å². The van der Waals surface area contributed by atoms with Crippen molar-refractivity contribution in [2.75, 3.05) is 6.54 Å². The molecule has 3 atom stereocenters. The number of carboxylic acids is 1. The summed E-state index contributed by atoms with van der Waals surface area (Å²) in [5.74, 6) is -17.5. The third-order valence-corrected chi connectivity index (χ3v) is 10.7. The summed E-state index contributed by atoms with van der Waals surface area (Å²) in [7, 11) is 0. The van der Waals surface area contributed by atoms with E-state index >= 15 is 0 Å². The van der Waals surface area contributed by atoms with Crippen LogP contribution in [0.3, 0.4) is 0 Å². The van der Waals surface area contributed by atoms with Gasteiger partial charge in [-0.2, -0.15) is 8.78 Å². The first-order valence-corrected chi connectivity index (χ1v) is 22.0. The SMILES string of the molecule is N[C@@H](CCCNC(=O)OCc1ccccc1)C(=O)N[C@@H](Cc1cccc(-c2ccc(OCc3ccccc3)c(C[C@H](NC(=O)OCc3ccccc3)C(=O)Oc3c(F)c(F)c(F)c(F)c3F)c2)c1)C(=O)O. The van der Waals surface area contributed by atoms with Crippen LogP contribution in [-0.2, 0) is 56.5 Å². The molecule has 6 aromatic carbocycles. The van der Waals surface area contributed by atoms with Crippen LogP contribution >= 0.6 is 0 Å². The quantitative estimate of drug-likeness (QED) is 0.0110. The van der Waals surface area contributed by atoms with Crippen LogP contribution in [0.4, 0.5) is 31.5 Å². The van der Waals surface area contributed by atoms with E-state index in [0.717, 1.165) is 11.1 Å². The lowest BCUT2D eigenvalue weighted by Crippen LogP contribution is -2.49. The van der Waals surface area contributed by atoms with Crippen molar-refractivity contribution in [1.29, 1.82) is 0 Å². The smallest absolute Gasteiger partial charge is 0.408 e. The van der Waals surface area contributed by atoms with Gasteiger partial charge in [0.05, 0.1) is 6.04 Å². The molecular weight excluding hydrogens is 936 g/mol. The normalized spacial score (nSPS) is 12.1. The maximum atomic E-state index is 14.8. The van der Waals surface area contributed by atoms with Gasteiger partial charge in [-0.15, -0.1) is 0 Å². The number of hydrogen-bond acceptors (Lipinski definition) is 10. The third kappa shape index (κ3) is 15.1. The van der Waals surface area contributed by atoms with Gasteiger partial charge in [-0.05, 0) is 63.9 Å². The van der Waals surface area contributed by atoms with Crippen LogP contribution in [0.15, 0.2) is 133 Å². The molecule has 0 aliphatic heterocycles. The molecule has 0 radical (unpaired) electrons. The third-order valence-electron chi connectivity index (χ3n) is 10.7. The molecule has 0 aliphatic carbocycles. The lowest BCUT2D eigenvalue weighted by Gasteiger charge is -2.21. The Morgan fingerprint density at radius 3 is 1.69 bits per heavy atom. The zero-order valence-electron chi connectivity index (χ0n) is 37.7. The molecule has 370 valence electrons. The Bertz CT molecular complexity index is 2780. The first-order valence-electron chi connectivity index (χ1n) is 22.0. The second-order valence-corrected chi connectivity index (χ2v) is 15.9. The Morgan fingerprint density at radius 1 is 0.563 bits per heavy atom. The number of esters is 1. The fourth-order valence-corrected chi connectivity index (χ4v) is 6.97. The fourth-order valence-electron chi connectivity index (χ4n) is 6.97. The molecule has 14 nitrogen and oxygen atoms in total. The van der Waals surface area contributed by atoms with E-state index < -0.39 is 89.4 Å². The van der Waals surface area contributed by atoms with E-state index in [9.17, 15) is 51.0 Å². The molecule has 0 bridgehead atoms. The van der Waals surface area contributed by atoms with Crippen LogP contribution in [0, 0.1) is 29.1 Å². The van der Waals surface area contributed by atoms with E-state index in [1.807, 2.05) is 18.2 Å². The Kier molecular flexibility index (Phi) is 18.6. The minimum atomic E-state index is -2.48. The summed E-state index contributed by atoms with van der Waals surface area (Å²) in [6, 6.07) is 33.2. The molecule has 19 heteroatoms. The summed E-state index contributed by atoms with van der Waals surface area (Å²) in [6.07, 6.45) is -2.22. The molecule has 0 fully saturated rings. The standard InChI is InChI=1S/C52H47F5N4O10/c53-42-43(54)45(56)47(46(57)44(42)55)71-50(65)40(61-52(67)70-30-33-16-8-3-9-17-33)27-37-26-36(21-22-41(37)68-28-31-12-4-1-5-13-31)35-19-10-18-34(24-35)25-39(49(63)64)60-48(62)38(58)20-11-23-59-51(66)69-29-32-14-6-2-7-15-32/h1-10,12-19,21-22,24,26,38-40H,11,20,23,25,27-30,58H2,(H,59,66)(H,60,62)(H,61,67)(H,63,64)/t38-,39-,40-/m0/s1. The number of carboxylic acid groups (broad SMARTS) is 1. The molecule has 0 heterocycles. The number of carbonyl (C=O) groups is 5. The monoisotopic (exact) mass is 982 g/mol. The highest BCUT2D eigenvalue weighted by molar-refractivity contribution is 5.87. The van der Waals surface area contributed by atoms with Crippen LogP contribution in [-0.4, -0.2) is 59.8 Å². The molecule has 71 heavy (non-hydrogen) atoms. The second-order valence-electron chi connectivity index (χ2n) is 15.9. The predicted molar refractivity (Wildman–Crippen MR) is 247 cm³/mol. The van der Waals surface area contributed by atoms with Gasteiger partial charge < -0.3 is 45.7 Å². The molecule has 6 N–H and O–H groups in total. The number of benzene rings is 6.